The van der Waals surface area contributed by atoms with E-state index >= 15 is 0 Å². The maximum absolute atomic E-state index is 5.89. The lowest BCUT2D eigenvalue weighted by atomic mass is 10.2. The summed E-state index contributed by atoms with van der Waals surface area (Å²) in [5.74, 6) is 2.19. The summed E-state index contributed by atoms with van der Waals surface area (Å²) >= 11 is 3.34. The number of rotatable bonds is 2. The fourth-order valence-corrected chi connectivity index (χ4v) is 2.15. The van der Waals surface area contributed by atoms with Crippen molar-refractivity contribution in [2.75, 3.05) is 18.9 Å². The quantitative estimate of drug-likeness (QED) is 0.922. The SMILES string of the molecule is Nc1c(Br)cnn1Cc1ccc2c(c1)OCCO2. The molecule has 5 nitrogen and oxygen atoms in total. The molecule has 1 aromatic heterocycles. The fraction of sp³-hybridized carbons (Fsp3) is 0.250. The van der Waals surface area contributed by atoms with Crippen LogP contribution < -0.4 is 15.2 Å². The topological polar surface area (TPSA) is 62.3 Å². The van der Waals surface area contributed by atoms with Crippen LogP contribution in [0.2, 0.25) is 0 Å². The van der Waals surface area contributed by atoms with Gasteiger partial charge < -0.3 is 15.2 Å². The molecule has 1 aliphatic heterocycles. The molecule has 0 radical (unpaired) electrons. The summed E-state index contributed by atoms with van der Waals surface area (Å²) in [5, 5.41) is 4.20. The highest BCUT2D eigenvalue weighted by Gasteiger charge is 2.12. The first-order valence-corrected chi connectivity index (χ1v) is 6.38. The van der Waals surface area contributed by atoms with Crippen LogP contribution in [0.1, 0.15) is 5.56 Å². The Labute approximate surface area is 113 Å². The average molecular weight is 310 g/mol. The highest BCUT2D eigenvalue weighted by atomic mass is 79.9. The van der Waals surface area contributed by atoms with Gasteiger partial charge in [0.1, 0.15) is 19.0 Å². The van der Waals surface area contributed by atoms with E-state index in [9.17, 15) is 0 Å². The molecule has 6 heteroatoms. The number of ether oxygens (including phenoxy) is 2. The predicted molar refractivity (Wildman–Crippen MR) is 70.9 cm³/mol. The van der Waals surface area contributed by atoms with Gasteiger partial charge in [-0.2, -0.15) is 5.10 Å². The van der Waals surface area contributed by atoms with Crippen LogP contribution in [0.4, 0.5) is 5.82 Å². The van der Waals surface area contributed by atoms with Gasteiger partial charge in [0.05, 0.1) is 17.2 Å². The van der Waals surface area contributed by atoms with E-state index in [1.165, 1.54) is 0 Å². The van der Waals surface area contributed by atoms with Crippen molar-refractivity contribution in [3.05, 3.63) is 34.4 Å². The Balaban J connectivity index is 1.87. The van der Waals surface area contributed by atoms with Crippen molar-refractivity contribution < 1.29 is 9.47 Å². The largest absolute Gasteiger partial charge is 0.486 e. The van der Waals surface area contributed by atoms with Gasteiger partial charge in [-0.15, -0.1) is 0 Å². The van der Waals surface area contributed by atoms with E-state index in [-0.39, 0.29) is 0 Å². The number of nitrogen functional groups attached to an aromatic ring is 1. The van der Waals surface area contributed by atoms with Crippen LogP contribution in [-0.2, 0) is 6.54 Å². The smallest absolute Gasteiger partial charge is 0.161 e. The molecule has 1 aliphatic rings. The third kappa shape index (κ3) is 2.03. The van der Waals surface area contributed by atoms with Crippen LogP contribution in [0.3, 0.4) is 0 Å². The molecule has 2 heterocycles. The van der Waals surface area contributed by atoms with Crippen molar-refractivity contribution in [1.82, 2.24) is 9.78 Å². The number of halogens is 1. The van der Waals surface area contributed by atoms with E-state index in [4.69, 9.17) is 15.2 Å². The summed E-state index contributed by atoms with van der Waals surface area (Å²) in [6.45, 7) is 1.80. The first-order chi connectivity index (χ1) is 8.74. The molecule has 18 heavy (non-hydrogen) atoms. The predicted octanol–water partition coefficient (Wildman–Crippen LogP) is 2.05. The minimum Gasteiger partial charge on any atom is -0.486 e. The number of aromatic nitrogens is 2. The molecule has 0 spiro atoms. The molecule has 0 unspecified atom stereocenters. The van der Waals surface area contributed by atoms with Crippen LogP contribution in [0.5, 0.6) is 11.5 Å². The lowest BCUT2D eigenvalue weighted by Crippen LogP contribution is -2.15. The second kappa shape index (κ2) is 4.53. The van der Waals surface area contributed by atoms with Gasteiger partial charge >= 0.3 is 0 Å². The van der Waals surface area contributed by atoms with E-state index in [0.717, 1.165) is 21.5 Å². The molecule has 0 aliphatic carbocycles. The summed E-state index contributed by atoms with van der Waals surface area (Å²) in [5.41, 5.74) is 6.96. The van der Waals surface area contributed by atoms with Gasteiger partial charge in [-0.1, -0.05) is 6.07 Å². The zero-order valence-corrected chi connectivity index (χ0v) is 11.2. The van der Waals surface area contributed by atoms with Crippen molar-refractivity contribution in [3.8, 4) is 11.5 Å². The average Bonchev–Trinajstić information content (AvgIpc) is 2.71. The van der Waals surface area contributed by atoms with E-state index < -0.39 is 0 Å². The number of nitrogens with two attached hydrogens (primary N) is 1. The fourth-order valence-electron chi connectivity index (χ4n) is 1.86. The highest BCUT2D eigenvalue weighted by Crippen LogP contribution is 2.31. The molecular formula is C12H12BrN3O2. The Bertz CT molecular complexity index is 583. The molecule has 3 rings (SSSR count). The number of anilines is 1. The molecule has 0 amide bonds. The molecule has 0 bridgehead atoms. The highest BCUT2D eigenvalue weighted by molar-refractivity contribution is 9.10. The molecule has 94 valence electrons. The zero-order valence-electron chi connectivity index (χ0n) is 9.60. The third-order valence-electron chi connectivity index (χ3n) is 2.77. The van der Waals surface area contributed by atoms with Crippen molar-refractivity contribution in [2.45, 2.75) is 6.54 Å². The van der Waals surface area contributed by atoms with Crippen molar-refractivity contribution in [2.24, 2.45) is 0 Å². The van der Waals surface area contributed by atoms with Crippen molar-refractivity contribution in [1.29, 1.82) is 0 Å². The normalized spacial score (nSPS) is 13.6. The second-order valence-electron chi connectivity index (χ2n) is 4.01. The van der Waals surface area contributed by atoms with Crippen LogP contribution >= 0.6 is 15.9 Å². The molecule has 2 N–H and O–H groups in total. The molecule has 0 saturated heterocycles. The number of fused-ring (bicyclic) bond motifs is 1. The Hall–Kier alpha value is -1.69. The molecule has 2 aromatic rings. The van der Waals surface area contributed by atoms with Crippen LogP contribution in [-0.4, -0.2) is 23.0 Å². The standard InChI is InChI=1S/C12H12BrN3O2/c13-9-6-15-16(12(9)14)7-8-1-2-10-11(5-8)18-4-3-17-10/h1-2,5-6H,3-4,7,14H2. The molecule has 0 saturated carbocycles. The monoisotopic (exact) mass is 309 g/mol. The van der Waals surface area contributed by atoms with Crippen LogP contribution in [0, 0.1) is 0 Å². The van der Waals surface area contributed by atoms with Crippen LogP contribution in [0.15, 0.2) is 28.9 Å². The van der Waals surface area contributed by atoms with Crippen LogP contribution in [0.25, 0.3) is 0 Å². The van der Waals surface area contributed by atoms with Crippen molar-refractivity contribution >= 4 is 21.7 Å². The van der Waals surface area contributed by atoms with E-state index in [1.807, 2.05) is 18.2 Å². The van der Waals surface area contributed by atoms with Gasteiger partial charge in [0, 0.05) is 0 Å². The lowest BCUT2D eigenvalue weighted by molar-refractivity contribution is 0.171. The zero-order chi connectivity index (χ0) is 12.5. The minimum atomic E-state index is 0.589. The van der Waals surface area contributed by atoms with Gasteiger partial charge in [0.15, 0.2) is 11.5 Å². The molecule has 1 aromatic carbocycles. The molecular weight excluding hydrogens is 298 g/mol. The Morgan fingerprint density at radius 1 is 1.28 bits per heavy atom. The van der Waals surface area contributed by atoms with Gasteiger partial charge in [-0.25, -0.2) is 4.68 Å². The summed E-state index contributed by atoms with van der Waals surface area (Å²) < 4.78 is 13.6. The van der Waals surface area contributed by atoms with Gasteiger partial charge in [0.2, 0.25) is 0 Å². The molecule has 0 atom stereocenters. The lowest BCUT2D eigenvalue weighted by Gasteiger charge is -2.19. The second-order valence-corrected chi connectivity index (χ2v) is 4.87. The molecule has 0 fully saturated rings. The summed E-state index contributed by atoms with van der Waals surface area (Å²) in [4.78, 5) is 0. The summed E-state index contributed by atoms with van der Waals surface area (Å²) in [6.07, 6.45) is 1.69. The maximum Gasteiger partial charge on any atom is 0.161 e. The van der Waals surface area contributed by atoms with E-state index in [2.05, 4.69) is 21.0 Å². The summed E-state index contributed by atoms with van der Waals surface area (Å²) in [6, 6.07) is 5.87. The Morgan fingerprint density at radius 2 is 2.06 bits per heavy atom. The van der Waals surface area contributed by atoms with E-state index in [0.29, 0.717) is 25.6 Å². The Morgan fingerprint density at radius 3 is 2.78 bits per heavy atom. The Kier molecular flexibility index (Phi) is 2.87. The number of nitrogens with zero attached hydrogens (tertiary/aromatic N) is 2. The van der Waals surface area contributed by atoms with Crippen molar-refractivity contribution in [3.63, 3.8) is 0 Å². The third-order valence-corrected chi connectivity index (χ3v) is 3.38. The van der Waals surface area contributed by atoms with Gasteiger partial charge in [0.25, 0.3) is 0 Å². The van der Waals surface area contributed by atoms with E-state index in [1.54, 1.807) is 10.9 Å². The minimum absolute atomic E-state index is 0.589. The first kappa shape index (κ1) is 11.4. The van der Waals surface area contributed by atoms with Gasteiger partial charge in [-0.3, -0.25) is 0 Å². The summed E-state index contributed by atoms with van der Waals surface area (Å²) in [7, 11) is 0. The number of hydrogen-bond acceptors (Lipinski definition) is 4. The first-order valence-electron chi connectivity index (χ1n) is 5.59. The van der Waals surface area contributed by atoms with Gasteiger partial charge in [-0.05, 0) is 33.6 Å². The maximum atomic E-state index is 5.89. The number of hydrogen-bond donors (Lipinski definition) is 1. The number of benzene rings is 1.